The van der Waals surface area contributed by atoms with Crippen LogP contribution in [0.15, 0.2) is 18.2 Å². The van der Waals surface area contributed by atoms with E-state index in [2.05, 4.69) is 11.4 Å². The Kier molecular flexibility index (Phi) is 3.29. The van der Waals surface area contributed by atoms with Crippen molar-refractivity contribution in [2.75, 3.05) is 5.32 Å². The van der Waals surface area contributed by atoms with Gasteiger partial charge in [-0.25, -0.2) is 0 Å². The van der Waals surface area contributed by atoms with Gasteiger partial charge in [-0.3, -0.25) is 4.79 Å². The minimum absolute atomic E-state index is 0.0593. The van der Waals surface area contributed by atoms with E-state index >= 15 is 0 Å². The lowest BCUT2D eigenvalue weighted by atomic mass is 10.0. The van der Waals surface area contributed by atoms with Gasteiger partial charge in [-0.2, -0.15) is 5.26 Å². The number of carbonyl (C=O) groups excluding carboxylic acids is 1. The topological polar surface area (TPSA) is 62.1 Å². The van der Waals surface area contributed by atoms with Crippen molar-refractivity contribution in [1.29, 1.82) is 5.26 Å². The molecule has 0 saturated heterocycles. The number of rotatable bonds is 3. The summed E-state index contributed by atoms with van der Waals surface area (Å²) in [5.41, 5.74) is 1.95. The summed E-state index contributed by atoms with van der Waals surface area (Å²) in [6.07, 6.45) is 1.51. The average molecular weight is 230 g/mol. The zero-order valence-corrected chi connectivity index (χ0v) is 9.69. The molecule has 0 bridgehead atoms. The van der Waals surface area contributed by atoms with Crippen LogP contribution < -0.4 is 10.1 Å². The van der Waals surface area contributed by atoms with Crippen LogP contribution in [0.1, 0.15) is 25.3 Å². The Morgan fingerprint density at radius 1 is 1.53 bits per heavy atom. The van der Waals surface area contributed by atoms with Crippen LogP contribution in [0, 0.1) is 11.3 Å². The first-order chi connectivity index (χ1) is 8.19. The summed E-state index contributed by atoms with van der Waals surface area (Å²) in [6, 6.07) is 7.67. The van der Waals surface area contributed by atoms with Crippen molar-refractivity contribution in [2.24, 2.45) is 0 Å². The fourth-order valence-corrected chi connectivity index (χ4v) is 1.84. The molecule has 0 spiro atoms. The number of nitrogens with one attached hydrogen (secondary N) is 1. The highest BCUT2D eigenvalue weighted by molar-refractivity contribution is 5.93. The van der Waals surface area contributed by atoms with Crippen molar-refractivity contribution in [3.8, 4) is 11.8 Å². The van der Waals surface area contributed by atoms with E-state index < -0.39 is 0 Å². The average Bonchev–Trinajstić information content (AvgIpc) is 2.29. The van der Waals surface area contributed by atoms with Crippen molar-refractivity contribution in [2.45, 2.75) is 32.3 Å². The van der Waals surface area contributed by atoms with E-state index in [1.165, 1.54) is 0 Å². The van der Waals surface area contributed by atoms with Crippen LogP contribution in [0.2, 0.25) is 0 Å². The van der Waals surface area contributed by atoms with Gasteiger partial charge < -0.3 is 10.1 Å². The zero-order chi connectivity index (χ0) is 12.3. The fraction of sp³-hybridized carbons (Fsp3) is 0.385. The van der Waals surface area contributed by atoms with Gasteiger partial charge in [-0.1, -0.05) is 0 Å². The van der Waals surface area contributed by atoms with E-state index in [1.54, 1.807) is 0 Å². The summed E-state index contributed by atoms with van der Waals surface area (Å²) in [7, 11) is 0. The van der Waals surface area contributed by atoms with E-state index in [-0.39, 0.29) is 12.0 Å². The summed E-state index contributed by atoms with van der Waals surface area (Å²) in [5.74, 6) is 0.812. The van der Waals surface area contributed by atoms with Gasteiger partial charge in [0.25, 0.3) is 0 Å². The number of hydrogen-bond donors (Lipinski definition) is 1. The lowest BCUT2D eigenvalue weighted by Crippen LogP contribution is -2.19. The normalized spacial score (nSPS) is 15.4. The molecule has 2 rings (SSSR count). The molecule has 88 valence electrons. The highest BCUT2D eigenvalue weighted by atomic mass is 16.5. The molecule has 1 aliphatic heterocycles. The Morgan fingerprint density at radius 3 is 3.12 bits per heavy atom. The molecule has 1 N–H and O–H groups in total. The third kappa shape index (κ3) is 2.76. The molecule has 1 atom stereocenters. The highest BCUT2D eigenvalue weighted by Gasteiger charge is 2.15. The zero-order valence-electron chi connectivity index (χ0n) is 9.69. The van der Waals surface area contributed by atoms with Crippen molar-refractivity contribution in [3.63, 3.8) is 0 Å². The standard InChI is InChI=1S/C13H14N2O2/c1-9(6-7-14)17-11-3-4-12-10(8-11)2-5-13(16)15-12/h3-4,8-9H,2,5-6H2,1H3,(H,15,16). The maximum atomic E-state index is 11.2. The molecule has 0 saturated carbocycles. The van der Waals surface area contributed by atoms with Gasteiger partial charge in [0, 0.05) is 12.1 Å². The number of carbonyl (C=O) groups is 1. The second-order valence-electron chi connectivity index (χ2n) is 4.16. The lowest BCUT2D eigenvalue weighted by Gasteiger charge is -2.19. The molecule has 1 heterocycles. The number of benzene rings is 1. The smallest absolute Gasteiger partial charge is 0.224 e. The number of fused-ring (bicyclic) bond motifs is 1. The predicted molar refractivity (Wildman–Crippen MR) is 63.7 cm³/mol. The summed E-state index contributed by atoms with van der Waals surface area (Å²) in [5, 5.41) is 11.4. The second-order valence-corrected chi connectivity index (χ2v) is 4.16. The summed E-state index contributed by atoms with van der Waals surface area (Å²) >= 11 is 0. The van der Waals surface area contributed by atoms with Crippen molar-refractivity contribution in [1.82, 2.24) is 0 Å². The number of nitrogens with zero attached hydrogens (tertiary/aromatic N) is 1. The van der Waals surface area contributed by atoms with Gasteiger partial charge in [-0.15, -0.1) is 0 Å². The molecule has 0 aliphatic carbocycles. The minimum Gasteiger partial charge on any atom is -0.490 e. The van der Waals surface area contributed by atoms with Crippen LogP contribution >= 0.6 is 0 Å². The van der Waals surface area contributed by atoms with Gasteiger partial charge in [0.1, 0.15) is 11.9 Å². The van der Waals surface area contributed by atoms with Gasteiger partial charge in [0.2, 0.25) is 5.91 Å². The summed E-state index contributed by atoms with van der Waals surface area (Å²) in [6.45, 7) is 1.87. The number of aryl methyl sites for hydroxylation is 1. The quantitative estimate of drug-likeness (QED) is 0.866. The molecule has 0 aromatic heterocycles. The maximum absolute atomic E-state index is 11.2. The van der Waals surface area contributed by atoms with Gasteiger partial charge in [-0.05, 0) is 37.1 Å². The first-order valence-electron chi connectivity index (χ1n) is 5.65. The molecular formula is C13H14N2O2. The molecular weight excluding hydrogens is 216 g/mol. The Hall–Kier alpha value is -2.02. The Morgan fingerprint density at radius 2 is 2.35 bits per heavy atom. The molecule has 1 amide bonds. The van der Waals surface area contributed by atoms with Crippen LogP contribution in [-0.4, -0.2) is 12.0 Å². The third-order valence-corrected chi connectivity index (χ3v) is 2.69. The third-order valence-electron chi connectivity index (χ3n) is 2.69. The predicted octanol–water partition coefficient (Wildman–Crippen LogP) is 2.25. The van der Waals surface area contributed by atoms with E-state index in [4.69, 9.17) is 10.00 Å². The van der Waals surface area contributed by atoms with Crippen molar-refractivity contribution in [3.05, 3.63) is 23.8 Å². The summed E-state index contributed by atoms with van der Waals surface area (Å²) < 4.78 is 5.61. The Balaban J connectivity index is 2.12. The molecule has 1 aromatic rings. The molecule has 0 radical (unpaired) electrons. The number of amides is 1. The number of ether oxygens (including phenoxy) is 1. The Labute approximate surface area is 100 Å². The molecule has 17 heavy (non-hydrogen) atoms. The maximum Gasteiger partial charge on any atom is 0.224 e. The summed E-state index contributed by atoms with van der Waals surface area (Å²) in [4.78, 5) is 11.2. The van der Waals surface area contributed by atoms with Crippen LogP contribution in [-0.2, 0) is 11.2 Å². The van der Waals surface area contributed by atoms with Crippen molar-refractivity contribution >= 4 is 11.6 Å². The van der Waals surface area contributed by atoms with Crippen LogP contribution in [0.4, 0.5) is 5.69 Å². The molecule has 4 heteroatoms. The van der Waals surface area contributed by atoms with Gasteiger partial charge in [0.05, 0.1) is 12.5 Å². The monoisotopic (exact) mass is 230 g/mol. The van der Waals surface area contributed by atoms with Crippen LogP contribution in [0.3, 0.4) is 0 Å². The first-order valence-corrected chi connectivity index (χ1v) is 5.65. The molecule has 1 aliphatic rings. The van der Waals surface area contributed by atoms with E-state index in [1.807, 2.05) is 25.1 Å². The lowest BCUT2D eigenvalue weighted by molar-refractivity contribution is -0.116. The number of anilines is 1. The van der Waals surface area contributed by atoms with Crippen LogP contribution in [0.25, 0.3) is 0 Å². The molecule has 4 nitrogen and oxygen atoms in total. The molecule has 1 aromatic carbocycles. The molecule has 1 unspecified atom stereocenters. The Bertz CT molecular complexity index is 477. The van der Waals surface area contributed by atoms with E-state index in [0.29, 0.717) is 12.8 Å². The van der Waals surface area contributed by atoms with Crippen LogP contribution in [0.5, 0.6) is 5.75 Å². The molecule has 0 fully saturated rings. The number of hydrogen-bond acceptors (Lipinski definition) is 3. The fourth-order valence-electron chi connectivity index (χ4n) is 1.84. The highest BCUT2D eigenvalue weighted by Crippen LogP contribution is 2.27. The minimum atomic E-state index is -0.115. The second kappa shape index (κ2) is 4.88. The van der Waals surface area contributed by atoms with E-state index in [0.717, 1.165) is 23.4 Å². The van der Waals surface area contributed by atoms with E-state index in [9.17, 15) is 4.79 Å². The van der Waals surface area contributed by atoms with Crippen molar-refractivity contribution < 1.29 is 9.53 Å². The largest absolute Gasteiger partial charge is 0.490 e. The SMILES string of the molecule is CC(CC#N)Oc1ccc2c(c1)CCC(=O)N2. The van der Waals surface area contributed by atoms with Gasteiger partial charge in [0.15, 0.2) is 0 Å². The number of nitriles is 1. The first kappa shape index (κ1) is 11.5. The van der Waals surface area contributed by atoms with Gasteiger partial charge >= 0.3 is 0 Å².